The number of nitrogens with zero attached hydrogens (tertiary/aromatic N) is 1. The molecule has 0 radical (unpaired) electrons. The molecule has 1 atom stereocenters. The van der Waals surface area contributed by atoms with Crippen LogP contribution in [-0.4, -0.2) is 49.3 Å². The highest BCUT2D eigenvalue weighted by Gasteiger charge is 2.64. The second kappa shape index (κ2) is 6.04. The largest absolute Gasteiger partial charge is 0.430 e. The van der Waals surface area contributed by atoms with Crippen molar-refractivity contribution < 1.29 is 22.7 Å². The first-order valence-electron chi connectivity index (χ1n) is 8.05. The van der Waals surface area contributed by atoms with Crippen molar-refractivity contribution in [1.29, 1.82) is 0 Å². The van der Waals surface area contributed by atoms with Gasteiger partial charge in [-0.3, -0.25) is 4.79 Å². The quantitative estimate of drug-likeness (QED) is 0.863. The van der Waals surface area contributed by atoms with Crippen molar-refractivity contribution in [3.8, 4) is 0 Å². The van der Waals surface area contributed by atoms with Gasteiger partial charge < -0.3 is 15.0 Å². The van der Waals surface area contributed by atoms with Crippen molar-refractivity contribution in [3.05, 3.63) is 35.9 Å². The van der Waals surface area contributed by atoms with Gasteiger partial charge in [0.25, 0.3) is 11.5 Å². The lowest BCUT2D eigenvalue weighted by molar-refractivity contribution is -0.266. The summed E-state index contributed by atoms with van der Waals surface area (Å²) in [5.74, 6) is -1.14. The van der Waals surface area contributed by atoms with Crippen molar-refractivity contribution in [2.45, 2.75) is 36.6 Å². The Balaban J connectivity index is 1.87. The number of rotatable bonds is 6. The van der Waals surface area contributed by atoms with Gasteiger partial charge in [-0.25, -0.2) is 0 Å². The zero-order valence-corrected chi connectivity index (χ0v) is 13.5. The van der Waals surface area contributed by atoms with Crippen LogP contribution in [0.2, 0.25) is 0 Å². The highest BCUT2D eigenvalue weighted by atomic mass is 19.4. The third-order valence-electron chi connectivity index (χ3n) is 4.91. The van der Waals surface area contributed by atoms with Crippen molar-refractivity contribution in [2.75, 3.05) is 26.7 Å². The SMILES string of the molecule is CO[C@](C(=O)NC1(CN2CCC2)CC1)(c1ccccc1)C(F)(F)F. The summed E-state index contributed by atoms with van der Waals surface area (Å²) in [5.41, 5.74) is -3.75. The number of amides is 1. The summed E-state index contributed by atoms with van der Waals surface area (Å²) in [6.45, 7) is 2.47. The Bertz CT molecular complexity index is 598. The lowest BCUT2D eigenvalue weighted by atomic mass is 9.91. The number of hydrogen-bond donors (Lipinski definition) is 1. The summed E-state index contributed by atoms with van der Waals surface area (Å²) in [6.07, 6.45) is -2.37. The van der Waals surface area contributed by atoms with Gasteiger partial charge in [0, 0.05) is 19.2 Å². The number of likely N-dealkylation sites (tertiary alicyclic amines) is 1. The van der Waals surface area contributed by atoms with Gasteiger partial charge in [0.2, 0.25) is 0 Å². The zero-order valence-electron chi connectivity index (χ0n) is 13.5. The summed E-state index contributed by atoms with van der Waals surface area (Å²) in [7, 11) is 0.926. The van der Waals surface area contributed by atoms with Crippen LogP contribution in [0.1, 0.15) is 24.8 Å². The van der Waals surface area contributed by atoms with Crippen LogP contribution in [0.4, 0.5) is 13.2 Å². The van der Waals surface area contributed by atoms with E-state index in [1.54, 1.807) is 6.07 Å². The third kappa shape index (κ3) is 2.91. The van der Waals surface area contributed by atoms with Crippen LogP contribution < -0.4 is 5.32 Å². The molecular formula is C17H21F3N2O2. The first-order chi connectivity index (χ1) is 11.3. The number of carbonyl (C=O) groups excluding carboxylic acids is 1. The van der Waals surface area contributed by atoms with E-state index in [0.29, 0.717) is 19.4 Å². The first kappa shape index (κ1) is 17.2. The summed E-state index contributed by atoms with van der Waals surface area (Å²) in [6, 6.07) is 7.08. The Morgan fingerprint density at radius 1 is 1.25 bits per heavy atom. The highest BCUT2D eigenvalue weighted by Crippen LogP contribution is 2.44. The molecule has 1 amide bonds. The van der Waals surface area contributed by atoms with Crippen LogP contribution in [0.15, 0.2) is 30.3 Å². The first-order valence-corrected chi connectivity index (χ1v) is 8.05. The Kier molecular flexibility index (Phi) is 4.34. The van der Waals surface area contributed by atoms with Crippen LogP contribution in [-0.2, 0) is 15.1 Å². The van der Waals surface area contributed by atoms with E-state index >= 15 is 0 Å². The summed E-state index contributed by atoms with van der Waals surface area (Å²) < 4.78 is 46.4. The molecule has 1 aliphatic carbocycles. The maximum atomic E-state index is 13.9. The van der Waals surface area contributed by atoms with E-state index in [9.17, 15) is 18.0 Å². The molecule has 0 spiro atoms. The summed E-state index contributed by atoms with van der Waals surface area (Å²) in [4.78, 5) is 14.9. The maximum absolute atomic E-state index is 13.9. The van der Waals surface area contributed by atoms with E-state index in [2.05, 4.69) is 10.2 Å². The molecule has 132 valence electrons. The number of nitrogens with one attached hydrogen (secondary N) is 1. The number of hydrogen-bond acceptors (Lipinski definition) is 3. The Morgan fingerprint density at radius 3 is 2.29 bits per heavy atom. The van der Waals surface area contributed by atoms with E-state index in [0.717, 1.165) is 26.6 Å². The molecule has 1 aromatic carbocycles. The minimum absolute atomic E-state index is 0.211. The Hall–Kier alpha value is -1.60. The molecule has 2 fully saturated rings. The van der Waals surface area contributed by atoms with E-state index in [1.807, 2.05) is 0 Å². The third-order valence-corrected chi connectivity index (χ3v) is 4.91. The number of methoxy groups -OCH3 is 1. The number of ether oxygens (including phenoxy) is 1. The maximum Gasteiger partial charge on any atom is 0.430 e. The van der Waals surface area contributed by atoms with Crippen molar-refractivity contribution in [2.24, 2.45) is 0 Å². The normalized spacial score (nSPS) is 22.3. The molecule has 1 saturated carbocycles. The van der Waals surface area contributed by atoms with Crippen LogP contribution in [0.25, 0.3) is 0 Å². The fraction of sp³-hybridized carbons (Fsp3) is 0.588. The minimum atomic E-state index is -4.86. The van der Waals surface area contributed by atoms with Gasteiger partial charge in [-0.2, -0.15) is 13.2 Å². The van der Waals surface area contributed by atoms with E-state index in [-0.39, 0.29) is 5.56 Å². The summed E-state index contributed by atoms with van der Waals surface area (Å²) in [5, 5.41) is 2.64. The number of alkyl halides is 3. The van der Waals surface area contributed by atoms with E-state index in [1.165, 1.54) is 24.3 Å². The van der Waals surface area contributed by atoms with Crippen molar-refractivity contribution in [3.63, 3.8) is 0 Å². The fourth-order valence-corrected chi connectivity index (χ4v) is 3.19. The predicted molar refractivity (Wildman–Crippen MR) is 82.3 cm³/mol. The molecule has 1 heterocycles. The molecule has 24 heavy (non-hydrogen) atoms. The standard InChI is InChI=1S/C17H21F3N2O2/c1-24-16(17(18,19)20,13-6-3-2-4-7-13)14(23)21-15(8-9-15)12-22-10-5-11-22/h2-4,6-7H,5,8-12H2,1H3,(H,21,23)/t16-/m0/s1. The van der Waals surface area contributed by atoms with Gasteiger partial charge in [0.1, 0.15) is 0 Å². The molecule has 1 aliphatic heterocycles. The van der Waals surface area contributed by atoms with Crippen LogP contribution >= 0.6 is 0 Å². The average molecular weight is 342 g/mol. The molecule has 1 aromatic rings. The topological polar surface area (TPSA) is 41.6 Å². The zero-order chi connectivity index (χ0) is 17.4. The highest BCUT2D eigenvalue weighted by molar-refractivity contribution is 5.88. The van der Waals surface area contributed by atoms with Crippen LogP contribution in [0, 0.1) is 0 Å². The van der Waals surface area contributed by atoms with Crippen molar-refractivity contribution in [1.82, 2.24) is 10.2 Å². The molecule has 2 aliphatic rings. The molecular weight excluding hydrogens is 321 g/mol. The lowest BCUT2D eigenvalue weighted by Gasteiger charge is -2.38. The van der Waals surface area contributed by atoms with Gasteiger partial charge in [0.05, 0.1) is 5.54 Å². The second-order valence-electron chi connectivity index (χ2n) is 6.61. The summed E-state index contributed by atoms with van der Waals surface area (Å²) >= 11 is 0. The molecule has 7 heteroatoms. The van der Waals surface area contributed by atoms with Gasteiger partial charge in [0.15, 0.2) is 0 Å². The molecule has 0 unspecified atom stereocenters. The smallest absolute Gasteiger partial charge is 0.356 e. The van der Waals surface area contributed by atoms with Gasteiger partial charge in [-0.15, -0.1) is 0 Å². The van der Waals surface area contributed by atoms with Crippen LogP contribution in [0.3, 0.4) is 0 Å². The molecule has 1 N–H and O–H groups in total. The van der Waals surface area contributed by atoms with Crippen LogP contribution in [0.5, 0.6) is 0 Å². The molecule has 3 rings (SSSR count). The number of carbonyl (C=O) groups is 1. The molecule has 0 bridgehead atoms. The monoisotopic (exact) mass is 342 g/mol. The van der Waals surface area contributed by atoms with Gasteiger partial charge in [-0.1, -0.05) is 30.3 Å². The Labute approximate surface area is 139 Å². The molecule has 1 saturated heterocycles. The number of benzene rings is 1. The van der Waals surface area contributed by atoms with Gasteiger partial charge >= 0.3 is 6.18 Å². The molecule has 4 nitrogen and oxygen atoms in total. The van der Waals surface area contributed by atoms with Crippen molar-refractivity contribution >= 4 is 5.91 Å². The molecule has 0 aromatic heterocycles. The van der Waals surface area contributed by atoms with E-state index < -0.39 is 23.2 Å². The predicted octanol–water partition coefficient (Wildman–Crippen LogP) is 2.45. The lowest BCUT2D eigenvalue weighted by Crippen LogP contribution is -2.60. The van der Waals surface area contributed by atoms with E-state index in [4.69, 9.17) is 4.74 Å². The second-order valence-corrected chi connectivity index (χ2v) is 6.61. The fourth-order valence-electron chi connectivity index (χ4n) is 3.19. The van der Waals surface area contributed by atoms with Gasteiger partial charge in [-0.05, 0) is 32.4 Å². The minimum Gasteiger partial charge on any atom is -0.356 e. The average Bonchev–Trinajstić information content (AvgIpc) is 3.24. The Morgan fingerprint density at radius 2 is 1.88 bits per heavy atom. The number of halogens is 3.